The molecule has 1 heterocycles. The van der Waals surface area contributed by atoms with E-state index in [1.165, 1.54) is 19.3 Å². The molecule has 0 saturated carbocycles. The van der Waals surface area contributed by atoms with Gasteiger partial charge in [-0.25, -0.2) is 0 Å². The molecule has 0 aliphatic carbocycles. The molecule has 2 heteroatoms. The molecule has 0 radical (unpaired) electrons. The summed E-state index contributed by atoms with van der Waals surface area (Å²) in [6.07, 6.45) is 9.33. The van der Waals surface area contributed by atoms with Crippen LogP contribution in [0.4, 0.5) is 5.69 Å². The standard InChI is InChI=1S/C13H14ClN/c1-2-11-10-12(14)6-7-13(11)15-8-4-3-5-9-15/h1,6-7,10H,3-5,8-9H2. The van der Waals surface area contributed by atoms with Gasteiger partial charge in [-0.05, 0) is 37.5 Å². The predicted molar refractivity (Wildman–Crippen MR) is 65.5 cm³/mol. The van der Waals surface area contributed by atoms with Crippen LogP contribution >= 0.6 is 11.6 Å². The maximum Gasteiger partial charge on any atom is 0.0526 e. The lowest BCUT2D eigenvalue weighted by Crippen LogP contribution is -2.29. The van der Waals surface area contributed by atoms with E-state index < -0.39 is 0 Å². The Morgan fingerprint density at radius 1 is 1.20 bits per heavy atom. The summed E-state index contributed by atoms with van der Waals surface area (Å²) in [4.78, 5) is 2.36. The zero-order valence-corrected chi connectivity index (χ0v) is 9.43. The van der Waals surface area contributed by atoms with Gasteiger partial charge in [-0.3, -0.25) is 0 Å². The maximum absolute atomic E-state index is 5.92. The van der Waals surface area contributed by atoms with Crippen molar-refractivity contribution in [1.29, 1.82) is 0 Å². The van der Waals surface area contributed by atoms with Crippen LogP contribution < -0.4 is 4.90 Å². The monoisotopic (exact) mass is 219 g/mol. The smallest absolute Gasteiger partial charge is 0.0526 e. The summed E-state index contributed by atoms with van der Waals surface area (Å²) >= 11 is 5.92. The third kappa shape index (κ3) is 2.27. The second-order valence-corrected chi connectivity index (χ2v) is 4.29. The average Bonchev–Trinajstić information content (AvgIpc) is 2.30. The summed E-state index contributed by atoms with van der Waals surface area (Å²) in [6, 6.07) is 5.81. The molecule has 0 aromatic heterocycles. The quantitative estimate of drug-likeness (QED) is 0.655. The van der Waals surface area contributed by atoms with E-state index in [0.717, 1.165) is 24.3 Å². The molecule has 0 spiro atoms. The first-order valence-corrected chi connectivity index (χ1v) is 5.70. The summed E-state index contributed by atoms with van der Waals surface area (Å²) in [5, 5.41) is 0.712. The third-order valence-corrected chi connectivity index (χ3v) is 3.05. The van der Waals surface area contributed by atoms with Gasteiger partial charge < -0.3 is 4.90 Å². The Bertz CT molecular complexity index is 386. The van der Waals surface area contributed by atoms with Crippen molar-refractivity contribution in [2.45, 2.75) is 19.3 Å². The van der Waals surface area contributed by atoms with E-state index in [2.05, 4.69) is 10.8 Å². The summed E-state index contributed by atoms with van der Waals surface area (Å²) in [5.41, 5.74) is 2.06. The molecule has 15 heavy (non-hydrogen) atoms. The van der Waals surface area contributed by atoms with Gasteiger partial charge in [0, 0.05) is 23.7 Å². The summed E-state index contributed by atoms with van der Waals surface area (Å²) in [6.45, 7) is 2.21. The summed E-state index contributed by atoms with van der Waals surface area (Å²) < 4.78 is 0. The first-order valence-electron chi connectivity index (χ1n) is 5.32. The molecule has 2 rings (SSSR count). The molecular weight excluding hydrogens is 206 g/mol. The molecule has 0 atom stereocenters. The van der Waals surface area contributed by atoms with Crippen molar-refractivity contribution in [2.24, 2.45) is 0 Å². The average molecular weight is 220 g/mol. The lowest BCUT2D eigenvalue weighted by molar-refractivity contribution is 0.577. The Morgan fingerprint density at radius 2 is 1.93 bits per heavy atom. The molecule has 0 N–H and O–H groups in total. The minimum absolute atomic E-state index is 0.712. The van der Waals surface area contributed by atoms with Gasteiger partial charge in [-0.15, -0.1) is 6.42 Å². The third-order valence-electron chi connectivity index (χ3n) is 2.81. The highest BCUT2D eigenvalue weighted by Gasteiger charge is 2.13. The van der Waals surface area contributed by atoms with E-state index in [1.807, 2.05) is 18.2 Å². The van der Waals surface area contributed by atoms with Gasteiger partial charge >= 0.3 is 0 Å². The van der Waals surface area contributed by atoms with E-state index >= 15 is 0 Å². The number of hydrogen-bond acceptors (Lipinski definition) is 1. The number of terminal acetylenes is 1. The number of hydrogen-bond donors (Lipinski definition) is 0. The Kier molecular flexibility index (Phi) is 3.18. The van der Waals surface area contributed by atoms with E-state index in [0.29, 0.717) is 5.02 Å². The molecular formula is C13H14ClN. The van der Waals surface area contributed by atoms with E-state index in [-0.39, 0.29) is 0 Å². The van der Waals surface area contributed by atoms with Gasteiger partial charge in [0.15, 0.2) is 0 Å². The molecule has 1 aliphatic rings. The molecule has 1 aromatic carbocycles. The van der Waals surface area contributed by atoms with Crippen LogP contribution in [-0.4, -0.2) is 13.1 Å². The molecule has 1 nitrogen and oxygen atoms in total. The topological polar surface area (TPSA) is 3.24 Å². The molecule has 1 fully saturated rings. The van der Waals surface area contributed by atoms with Crippen molar-refractivity contribution in [3.8, 4) is 12.3 Å². The SMILES string of the molecule is C#Cc1cc(Cl)ccc1N1CCCCC1. The fraction of sp³-hybridized carbons (Fsp3) is 0.385. The van der Waals surface area contributed by atoms with Crippen LogP contribution in [0.3, 0.4) is 0 Å². The van der Waals surface area contributed by atoms with Gasteiger partial charge in [0.25, 0.3) is 0 Å². The number of rotatable bonds is 1. The fourth-order valence-corrected chi connectivity index (χ4v) is 2.21. The highest BCUT2D eigenvalue weighted by molar-refractivity contribution is 6.30. The Balaban J connectivity index is 2.30. The molecule has 1 aromatic rings. The normalized spacial score (nSPS) is 16.1. The van der Waals surface area contributed by atoms with Crippen LogP contribution in [0.1, 0.15) is 24.8 Å². The zero-order chi connectivity index (χ0) is 10.7. The largest absolute Gasteiger partial charge is 0.371 e. The first kappa shape index (κ1) is 10.4. The van der Waals surface area contributed by atoms with Crippen molar-refractivity contribution < 1.29 is 0 Å². The number of nitrogens with zero attached hydrogens (tertiary/aromatic N) is 1. The van der Waals surface area contributed by atoms with Gasteiger partial charge in [0.2, 0.25) is 0 Å². The van der Waals surface area contributed by atoms with Crippen LogP contribution in [-0.2, 0) is 0 Å². The minimum atomic E-state index is 0.712. The number of piperidine rings is 1. The van der Waals surface area contributed by atoms with Crippen molar-refractivity contribution in [3.05, 3.63) is 28.8 Å². The zero-order valence-electron chi connectivity index (χ0n) is 8.67. The Hall–Kier alpha value is -1.13. The van der Waals surface area contributed by atoms with E-state index in [1.54, 1.807) is 0 Å². The second kappa shape index (κ2) is 4.59. The van der Waals surface area contributed by atoms with E-state index in [9.17, 15) is 0 Å². The highest BCUT2D eigenvalue weighted by atomic mass is 35.5. The summed E-state index contributed by atoms with van der Waals surface area (Å²) in [7, 11) is 0. The molecule has 78 valence electrons. The van der Waals surface area contributed by atoms with Gasteiger partial charge in [0.05, 0.1) is 5.69 Å². The second-order valence-electron chi connectivity index (χ2n) is 3.85. The van der Waals surface area contributed by atoms with Crippen LogP contribution in [0, 0.1) is 12.3 Å². The van der Waals surface area contributed by atoms with Crippen molar-refractivity contribution in [1.82, 2.24) is 0 Å². The van der Waals surface area contributed by atoms with Crippen LogP contribution in [0.5, 0.6) is 0 Å². The highest BCUT2D eigenvalue weighted by Crippen LogP contribution is 2.26. The Morgan fingerprint density at radius 3 is 2.60 bits per heavy atom. The molecule has 0 bridgehead atoms. The van der Waals surface area contributed by atoms with E-state index in [4.69, 9.17) is 18.0 Å². The van der Waals surface area contributed by atoms with Crippen LogP contribution in [0.15, 0.2) is 18.2 Å². The summed E-state index contributed by atoms with van der Waals surface area (Å²) in [5.74, 6) is 2.71. The van der Waals surface area contributed by atoms with Crippen molar-refractivity contribution >= 4 is 17.3 Å². The number of halogens is 1. The van der Waals surface area contributed by atoms with Gasteiger partial charge in [0.1, 0.15) is 0 Å². The lowest BCUT2D eigenvalue weighted by Gasteiger charge is -2.29. The lowest BCUT2D eigenvalue weighted by atomic mass is 10.1. The molecule has 0 amide bonds. The number of benzene rings is 1. The van der Waals surface area contributed by atoms with Crippen molar-refractivity contribution in [3.63, 3.8) is 0 Å². The minimum Gasteiger partial charge on any atom is -0.371 e. The van der Waals surface area contributed by atoms with Gasteiger partial charge in [-0.1, -0.05) is 17.5 Å². The van der Waals surface area contributed by atoms with Crippen LogP contribution in [0.25, 0.3) is 0 Å². The molecule has 1 aliphatic heterocycles. The first-order chi connectivity index (χ1) is 7.31. The molecule has 0 unspecified atom stereocenters. The van der Waals surface area contributed by atoms with Crippen LogP contribution in [0.2, 0.25) is 5.02 Å². The Labute approximate surface area is 96.0 Å². The number of anilines is 1. The maximum atomic E-state index is 5.92. The predicted octanol–water partition coefficient (Wildman–Crippen LogP) is 3.31. The molecule has 1 saturated heterocycles. The fourth-order valence-electron chi connectivity index (χ4n) is 2.03. The van der Waals surface area contributed by atoms with Gasteiger partial charge in [-0.2, -0.15) is 0 Å². The van der Waals surface area contributed by atoms with Crippen molar-refractivity contribution in [2.75, 3.05) is 18.0 Å².